The summed E-state index contributed by atoms with van der Waals surface area (Å²) in [5.41, 5.74) is 3.57. The minimum atomic E-state index is -3.33. The van der Waals surface area contributed by atoms with Crippen LogP contribution in [0.5, 0.6) is 5.75 Å². The zero-order chi connectivity index (χ0) is 15.2. The molecule has 3 nitrogen and oxygen atoms in total. The number of rotatable bonds is 8. The largest absolute Gasteiger partial charge is 0.493 e. The molecule has 114 valence electrons. The second-order valence-corrected chi connectivity index (χ2v) is 8.13. The molecule has 5 heteroatoms. The van der Waals surface area contributed by atoms with Gasteiger partial charge in [-0.3, -0.25) is 0 Å². The van der Waals surface area contributed by atoms with Crippen LogP contribution in [-0.4, -0.2) is 20.8 Å². The Hall–Kier alpha value is -0.740. The van der Waals surface area contributed by atoms with Crippen LogP contribution in [0.4, 0.5) is 0 Å². The SMILES string of the molecule is Cc1cc(C)c(OCCCCCCS(=O)(=O)Cl)c(C)c1. The monoisotopic (exact) mass is 318 g/mol. The molecule has 0 N–H and O–H groups in total. The second-order valence-electron chi connectivity index (χ2n) is 5.23. The van der Waals surface area contributed by atoms with Crippen LogP contribution in [-0.2, 0) is 9.05 Å². The topological polar surface area (TPSA) is 43.4 Å². The van der Waals surface area contributed by atoms with E-state index in [9.17, 15) is 8.42 Å². The van der Waals surface area contributed by atoms with Gasteiger partial charge < -0.3 is 4.74 Å². The van der Waals surface area contributed by atoms with Crippen LogP contribution in [0, 0.1) is 20.8 Å². The van der Waals surface area contributed by atoms with Crippen molar-refractivity contribution in [2.45, 2.75) is 46.5 Å². The molecule has 0 fully saturated rings. The normalized spacial score (nSPS) is 11.6. The van der Waals surface area contributed by atoms with E-state index in [2.05, 4.69) is 32.9 Å². The summed E-state index contributed by atoms with van der Waals surface area (Å²) in [7, 11) is 1.81. The van der Waals surface area contributed by atoms with Gasteiger partial charge in [-0.2, -0.15) is 0 Å². The maximum absolute atomic E-state index is 10.7. The van der Waals surface area contributed by atoms with Crippen molar-refractivity contribution in [1.29, 1.82) is 0 Å². The van der Waals surface area contributed by atoms with Crippen molar-refractivity contribution in [3.8, 4) is 5.75 Å². The molecule has 20 heavy (non-hydrogen) atoms. The van der Waals surface area contributed by atoms with Gasteiger partial charge in [0, 0.05) is 10.7 Å². The highest BCUT2D eigenvalue weighted by Gasteiger charge is 2.06. The number of benzene rings is 1. The molecule has 0 saturated carbocycles. The van der Waals surface area contributed by atoms with Crippen LogP contribution < -0.4 is 4.74 Å². The number of aryl methyl sites for hydroxylation is 3. The fourth-order valence-corrected chi connectivity index (χ4v) is 3.18. The summed E-state index contributed by atoms with van der Waals surface area (Å²) in [6, 6.07) is 4.24. The van der Waals surface area contributed by atoms with Crippen LogP contribution in [0.25, 0.3) is 0 Å². The predicted molar refractivity (Wildman–Crippen MR) is 84.3 cm³/mol. The first-order valence-corrected chi connectivity index (χ1v) is 9.40. The summed E-state index contributed by atoms with van der Waals surface area (Å²) in [5.74, 6) is 1.03. The Morgan fingerprint density at radius 1 is 1.00 bits per heavy atom. The smallest absolute Gasteiger partial charge is 0.232 e. The lowest BCUT2D eigenvalue weighted by Gasteiger charge is -2.13. The first-order chi connectivity index (χ1) is 9.29. The van der Waals surface area contributed by atoms with E-state index < -0.39 is 9.05 Å². The molecule has 0 atom stereocenters. The maximum atomic E-state index is 10.7. The molecule has 0 heterocycles. The van der Waals surface area contributed by atoms with Crippen LogP contribution >= 0.6 is 10.7 Å². The molecule has 0 saturated heterocycles. The van der Waals surface area contributed by atoms with E-state index in [0.717, 1.165) is 36.1 Å². The van der Waals surface area contributed by atoms with Gasteiger partial charge in [0.15, 0.2) is 0 Å². The molecule has 0 spiro atoms. The molecule has 1 aromatic rings. The molecule has 0 aliphatic heterocycles. The summed E-state index contributed by atoms with van der Waals surface area (Å²) >= 11 is 0. The Balaban J connectivity index is 2.25. The minimum absolute atomic E-state index is 0.0611. The highest BCUT2D eigenvalue weighted by Crippen LogP contribution is 2.24. The Morgan fingerprint density at radius 3 is 2.10 bits per heavy atom. The fraction of sp³-hybridized carbons (Fsp3) is 0.600. The standard InChI is InChI=1S/C15H23ClO3S/c1-12-10-13(2)15(14(3)11-12)19-8-6-4-5-7-9-20(16,17)18/h10-11H,4-9H2,1-3H3. The van der Waals surface area contributed by atoms with Gasteiger partial charge in [0.1, 0.15) is 5.75 Å². The zero-order valence-electron chi connectivity index (χ0n) is 12.4. The number of hydrogen-bond donors (Lipinski definition) is 0. The summed E-state index contributed by atoms with van der Waals surface area (Å²) < 4.78 is 27.3. The number of halogens is 1. The van der Waals surface area contributed by atoms with Gasteiger partial charge in [-0.25, -0.2) is 8.42 Å². The van der Waals surface area contributed by atoms with Gasteiger partial charge in [-0.1, -0.05) is 30.5 Å². The Morgan fingerprint density at radius 2 is 1.55 bits per heavy atom. The third-order valence-corrected chi connectivity index (χ3v) is 4.37. The van der Waals surface area contributed by atoms with Gasteiger partial charge in [0.25, 0.3) is 0 Å². The van der Waals surface area contributed by atoms with Crippen molar-refractivity contribution in [2.24, 2.45) is 0 Å². The van der Waals surface area contributed by atoms with Crippen molar-refractivity contribution in [1.82, 2.24) is 0 Å². The van der Waals surface area contributed by atoms with Gasteiger partial charge in [-0.15, -0.1) is 0 Å². The third kappa shape index (κ3) is 6.62. The van der Waals surface area contributed by atoms with E-state index in [1.165, 1.54) is 5.56 Å². The molecular formula is C15H23ClO3S. The molecule has 0 unspecified atom stereocenters. The Labute approximate surface area is 126 Å². The molecule has 0 bridgehead atoms. The van der Waals surface area contributed by atoms with E-state index in [1.807, 2.05) is 0 Å². The maximum Gasteiger partial charge on any atom is 0.232 e. The molecule has 0 aromatic heterocycles. The van der Waals surface area contributed by atoms with Crippen molar-refractivity contribution in [2.75, 3.05) is 12.4 Å². The third-order valence-electron chi connectivity index (χ3n) is 3.13. The molecule has 0 amide bonds. The molecule has 0 aliphatic rings. The molecule has 0 aliphatic carbocycles. The van der Waals surface area contributed by atoms with Gasteiger partial charge in [0.2, 0.25) is 9.05 Å². The average Bonchev–Trinajstić information content (AvgIpc) is 2.29. The highest BCUT2D eigenvalue weighted by atomic mass is 35.7. The molecule has 1 aromatic carbocycles. The number of unbranched alkanes of at least 4 members (excludes halogenated alkanes) is 3. The van der Waals surface area contributed by atoms with Gasteiger partial charge in [-0.05, 0) is 44.7 Å². The van der Waals surface area contributed by atoms with Crippen LogP contribution in [0.15, 0.2) is 12.1 Å². The van der Waals surface area contributed by atoms with Crippen molar-refractivity contribution in [3.05, 3.63) is 28.8 Å². The summed E-state index contributed by atoms with van der Waals surface area (Å²) in [6.45, 7) is 6.86. The quantitative estimate of drug-likeness (QED) is 0.535. The zero-order valence-corrected chi connectivity index (χ0v) is 14.0. The highest BCUT2D eigenvalue weighted by molar-refractivity contribution is 8.13. The van der Waals surface area contributed by atoms with Gasteiger partial charge in [0.05, 0.1) is 12.4 Å². The second kappa shape index (κ2) is 7.89. The average molecular weight is 319 g/mol. The van der Waals surface area contributed by atoms with Crippen molar-refractivity contribution >= 4 is 19.7 Å². The first-order valence-electron chi connectivity index (χ1n) is 6.92. The minimum Gasteiger partial charge on any atom is -0.493 e. The Bertz CT molecular complexity index is 515. The van der Waals surface area contributed by atoms with Crippen LogP contribution in [0.1, 0.15) is 42.4 Å². The van der Waals surface area contributed by atoms with Gasteiger partial charge >= 0.3 is 0 Å². The van der Waals surface area contributed by atoms with Crippen LogP contribution in [0.2, 0.25) is 0 Å². The summed E-state index contributed by atoms with van der Waals surface area (Å²) in [6.07, 6.45) is 3.36. The predicted octanol–water partition coefficient (Wildman–Crippen LogP) is 4.12. The lowest BCUT2D eigenvalue weighted by molar-refractivity contribution is 0.301. The number of ether oxygens (including phenoxy) is 1. The molecular weight excluding hydrogens is 296 g/mol. The summed E-state index contributed by atoms with van der Waals surface area (Å²) in [5, 5.41) is 0. The first kappa shape index (κ1) is 17.3. The van der Waals surface area contributed by atoms with Crippen molar-refractivity contribution < 1.29 is 13.2 Å². The number of hydrogen-bond acceptors (Lipinski definition) is 3. The van der Waals surface area contributed by atoms with Crippen molar-refractivity contribution in [3.63, 3.8) is 0 Å². The van der Waals surface area contributed by atoms with E-state index in [0.29, 0.717) is 13.0 Å². The molecule has 1 rings (SSSR count). The van der Waals surface area contributed by atoms with Crippen LogP contribution in [0.3, 0.4) is 0 Å². The molecule has 0 radical (unpaired) electrons. The fourth-order valence-electron chi connectivity index (χ4n) is 2.30. The Kier molecular flexibility index (Phi) is 6.83. The van der Waals surface area contributed by atoms with E-state index in [1.54, 1.807) is 0 Å². The lowest BCUT2D eigenvalue weighted by Crippen LogP contribution is -2.02. The van der Waals surface area contributed by atoms with E-state index >= 15 is 0 Å². The van der Waals surface area contributed by atoms with E-state index in [-0.39, 0.29) is 5.75 Å². The van der Waals surface area contributed by atoms with E-state index in [4.69, 9.17) is 15.4 Å². The lowest BCUT2D eigenvalue weighted by atomic mass is 10.1. The summed E-state index contributed by atoms with van der Waals surface area (Å²) in [4.78, 5) is 0.